The monoisotopic (exact) mass is 273 g/mol. The number of hydrogen-bond donors (Lipinski definition) is 1. The molecule has 20 heavy (non-hydrogen) atoms. The minimum atomic E-state index is -0.0806. The van der Waals surface area contributed by atoms with Crippen LogP contribution in [-0.4, -0.2) is 38.4 Å². The van der Waals surface area contributed by atoms with Crippen molar-refractivity contribution in [2.24, 2.45) is 12.8 Å². The van der Waals surface area contributed by atoms with Gasteiger partial charge >= 0.3 is 0 Å². The number of pyridine rings is 1. The molecule has 2 rings (SSSR count). The number of carbonyl (C=O) groups excluding carboxylic acids is 1. The first-order valence-corrected chi connectivity index (χ1v) is 6.57. The SMILES string of the molecule is Cn1cnc(C(=O)N(CCCN)Cc2cccnc2)c1. The summed E-state index contributed by atoms with van der Waals surface area (Å²) in [7, 11) is 1.84. The van der Waals surface area contributed by atoms with E-state index >= 15 is 0 Å². The molecule has 2 heterocycles. The van der Waals surface area contributed by atoms with Crippen LogP contribution in [0.5, 0.6) is 0 Å². The molecule has 0 saturated carbocycles. The second-order valence-corrected chi connectivity index (χ2v) is 4.65. The van der Waals surface area contributed by atoms with E-state index < -0.39 is 0 Å². The summed E-state index contributed by atoms with van der Waals surface area (Å²) in [4.78, 5) is 22.4. The van der Waals surface area contributed by atoms with Crippen LogP contribution >= 0.6 is 0 Å². The standard InChI is InChI=1S/C14H19N5O/c1-18-10-13(17-11-18)14(20)19(7-3-5-15)9-12-4-2-6-16-8-12/h2,4,6,8,10-11H,3,5,7,9,15H2,1H3. The van der Waals surface area contributed by atoms with Crippen LogP contribution in [-0.2, 0) is 13.6 Å². The Hall–Kier alpha value is -2.21. The van der Waals surface area contributed by atoms with E-state index in [1.807, 2.05) is 19.2 Å². The highest BCUT2D eigenvalue weighted by molar-refractivity contribution is 5.92. The van der Waals surface area contributed by atoms with E-state index in [-0.39, 0.29) is 5.91 Å². The van der Waals surface area contributed by atoms with Crippen LogP contribution in [0.3, 0.4) is 0 Å². The van der Waals surface area contributed by atoms with E-state index in [2.05, 4.69) is 9.97 Å². The average Bonchev–Trinajstić information content (AvgIpc) is 2.90. The second kappa shape index (κ2) is 6.81. The molecule has 6 nitrogen and oxygen atoms in total. The summed E-state index contributed by atoms with van der Waals surface area (Å²) in [6, 6.07) is 3.82. The van der Waals surface area contributed by atoms with Gasteiger partial charge in [0.2, 0.25) is 0 Å². The van der Waals surface area contributed by atoms with Crippen molar-refractivity contribution in [3.63, 3.8) is 0 Å². The van der Waals surface area contributed by atoms with Crippen LogP contribution in [0.15, 0.2) is 37.1 Å². The lowest BCUT2D eigenvalue weighted by molar-refractivity contribution is 0.0736. The summed E-state index contributed by atoms with van der Waals surface area (Å²) in [6.07, 6.45) is 7.59. The van der Waals surface area contributed by atoms with Gasteiger partial charge in [0.25, 0.3) is 5.91 Å². The van der Waals surface area contributed by atoms with Crippen molar-refractivity contribution in [1.82, 2.24) is 19.4 Å². The van der Waals surface area contributed by atoms with Crippen molar-refractivity contribution in [3.8, 4) is 0 Å². The van der Waals surface area contributed by atoms with E-state index in [0.717, 1.165) is 12.0 Å². The number of carbonyl (C=O) groups is 1. The van der Waals surface area contributed by atoms with Crippen LogP contribution in [0.4, 0.5) is 0 Å². The number of amides is 1. The molecule has 0 aliphatic rings. The fraction of sp³-hybridized carbons (Fsp3) is 0.357. The molecule has 0 radical (unpaired) electrons. The number of imidazole rings is 1. The number of aromatic nitrogens is 3. The van der Waals surface area contributed by atoms with Crippen LogP contribution in [0.2, 0.25) is 0 Å². The molecule has 6 heteroatoms. The second-order valence-electron chi connectivity index (χ2n) is 4.65. The van der Waals surface area contributed by atoms with Crippen LogP contribution in [0.25, 0.3) is 0 Å². The molecule has 1 amide bonds. The van der Waals surface area contributed by atoms with Crippen molar-refractivity contribution in [2.75, 3.05) is 13.1 Å². The summed E-state index contributed by atoms with van der Waals surface area (Å²) in [5.41, 5.74) is 6.99. The van der Waals surface area contributed by atoms with Gasteiger partial charge in [0.05, 0.1) is 6.33 Å². The highest BCUT2D eigenvalue weighted by Gasteiger charge is 2.17. The summed E-state index contributed by atoms with van der Waals surface area (Å²) < 4.78 is 1.76. The maximum absolute atomic E-state index is 12.5. The fourth-order valence-corrected chi connectivity index (χ4v) is 1.93. The van der Waals surface area contributed by atoms with E-state index in [1.54, 1.807) is 34.4 Å². The molecular weight excluding hydrogens is 254 g/mol. The van der Waals surface area contributed by atoms with Crippen molar-refractivity contribution in [1.29, 1.82) is 0 Å². The Morgan fingerprint density at radius 1 is 1.50 bits per heavy atom. The van der Waals surface area contributed by atoms with Crippen molar-refractivity contribution >= 4 is 5.91 Å². The van der Waals surface area contributed by atoms with Gasteiger partial charge in [-0.2, -0.15) is 0 Å². The number of nitrogens with zero attached hydrogens (tertiary/aromatic N) is 4. The molecule has 2 aromatic rings. The highest BCUT2D eigenvalue weighted by Crippen LogP contribution is 2.08. The van der Waals surface area contributed by atoms with Crippen LogP contribution in [0, 0.1) is 0 Å². The Labute approximate surface area is 118 Å². The summed E-state index contributed by atoms with van der Waals surface area (Å²) in [6.45, 7) is 1.68. The maximum Gasteiger partial charge on any atom is 0.274 e. The molecule has 0 aliphatic heterocycles. The lowest BCUT2D eigenvalue weighted by Gasteiger charge is -2.21. The van der Waals surface area contributed by atoms with Crippen LogP contribution in [0.1, 0.15) is 22.5 Å². The van der Waals surface area contributed by atoms with Gasteiger partial charge in [-0.05, 0) is 24.6 Å². The quantitative estimate of drug-likeness (QED) is 0.844. The highest BCUT2D eigenvalue weighted by atomic mass is 16.2. The van der Waals surface area contributed by atoms with E-state index in [1.165, 1.54) is 0 Å². The van der Waals surface area contributed by atoms with Crippen molar-refractivity contribution in [2.45, 2.75) is 13.0 Å². The summed E-state index contributed by atoms with van der Waals surface area (Å²) in [5, 5.41) is 0. The van der Waals surface area contributed by atoms with Gasteiger partial charge in [-0.15, -0.1) is 0 Å². The zero-order valence-corrected chi connectivity index (χ0v) is 11.6. The number of aryl methyl sites for hydroxylation is 1. The fourth-order valence-electron chi connectivity index (χ4n) is 1.93. The van der Waals surface area contributed by atoms with Crippen LogP contribution < -0.4 is 5.73 Å². The van der Waals surface area contributed by atoms with Crippen molar-refractivity contribution in [3.05, 3.63) is 48.3 Å². The molecule has 106 valence electrons. The van der Waals surface area contributed by atoms with Gasteiger partial charge in [0, 0.05) is 38.7 Å². The molecule has 0 bridgehead atoms. The molecule has 0 spiro atoms. The molecule has 0 aromatic carbocycles. The number of nitrogens with two attached hydrogens (primary N) is 1. The van der Waals surface area contributed by atoms with Gasteiger partial charge in [-0.25, -0.2) is 4.98 Å². The predicted octanol–water partition coefficient (Wildman–Crippen LogP) is 0.806. The molecular formula is C14H19N5O. The smallest absolute Gasteiger partial charge is 0.274 e. The third-order valence-corrected chi connectivity index (χ3v) is 2.94. The Kier molecular flexibility index (Phi) is 4.84. The van der Waals surface area contributed by atoms with Gasteiger partial charge in [0.1, 0.15) is 5.69 Å². The first-order chi connectivity index (χ1) is 9.70. The third kappa shape index (κ3) is 3.64. The summed E-state index contributed by atoms with van der Waals surface area (Å²) in [5.74, 6) is -0.0806. The van der Waals surface area contributed by atoms with Gasteiger partial charge in [-0.3, -0.25) is 9.78 Å². The maximum atomic E-state index is 12.5. The topological polar surface area (TPSA) is 77.0 Å². The average molecular weight is 273 g/mol. The lowest BCUT2D eigenvalue weighted by atomic mass is 10.2. The van der Waals surface area contributed by atoms with Gasteiger partial charge < -0.3 is 15.2 Å². The van der Waals surface area contributed by atoms with E-state index in [4.69, 9.17) is 5.73 Å². The van der Waals surface area contributed by atoms with Gasteiger partial charge in [-0.1, -0.05) is 6.07 Å². The Bertz CT molecular complexity index is 552. The number of hydrogen-bond acceptors (Lipinski definition) is 4. The largest absolute Gasteiger partial charge is 0.340 e. The zero-order chi connectivity index (χ0) is 14.4. The Balaban J connectivity index is 2.12. The van der Waals surface area contributed by atoms with E-state index in [9.17, 15) is 4.79 Å². The molecule has 0 fully saturated rings. The Morgan fingerprint density at radius 2 is 2.35 bits per heavy atom. The first kappa shape index (κ1) is 14.2. The molecule has 0 unspecified atom stereocenters. The molecule has 0 aliphatic carbocycles. The molecule has 0 saturated heterocycles. The summed E-state index contributed by atoms with van der Waals surface area (Å²) >= 11 is 0. The number of rotatable bonds is 6. The third-order valence-electron chi connectivity index (χ3n) is 2.94. The van der Waals surface area contributed by atoms with Crippen molar-refractivity contribution < 1.29 is 4.79 Å². The minimum Gasteiger partial charge on any atom is -0.340 e. The normalized spacial score (nSPS) is 10.5. The Morgan fingerprint density at radius 3 is 2.95 bits per heavy atom. The molecule has 0 atom stereocenters. The lowest BCUT2D eigenvalue weighted by Crippen LogP contribution is -2.32. The molecule has 2 N–H and O–H groups in total. The minimum absolute atomic E-state index is 0.0806. The van der Waals surface area contributed by atoms with Gasteiger partial charge in [0.15, 0.2) is 0 Å². The predicted molar refractivity (Wildman–Crippen MR) is 75.9 cm³/mol. The first-order valence-electron chi connectivity index (χ1n) is 6.57. The zero-order valence-electron chi connectivity index (χ0n) is 11.6. The molecule has 2 aromatic heterocycles. The van der Waals surface area contributed by atoms with E-state index in [0.29, 0.717) is 25.3 Å².